The smallest absolute Gasteiger partial charge is 0.104 e. The standard InChI is InChI=1S/C14H17ClN2O/c1-10-7-17(8-11(2)18-10)9-13-4-3-12(6-16)5-14(13)15/h3-5,10-11H,7-9H2,1-2H3/p+1/t10-,11-/m1/s1. The largest absolute Gasteiger partial charge is 0.364 e. The summed E-state index contributed by atoms with van der Waals surface area (Å²) < 4.78 is 5.72. The molecule has 0 aliphatic carbocycles. The number of quaternary nitrogens is 1. The molecule has 1 N–H and O–H groups in total. The van der Waals surface area contributed by atoms with Gasteiger partial charge in [0.2, 0.25) is 0 Å². The van der Waals surface area contributed by atoms with Gasteiger partial charge < -0.3 is 9.64 Å². The van der Waals surface area contributed by atoms with E-state index in [2.05, 4.69) is 19.9 Å². The number of morpholine rings is 1. The Hall–Kier alpha value is -1.08. The Bertz CT molecular complexity index is 459. The molecule has 1 saturated heterocycles. The van der Waals surface area contributed by atoms with Crippen molar-refractivity contribution in [2.24, 2.45) is 0 Å². The Morgan fingerprint density at radius 1 is 1.39 bits per heavy atom. The number of hydrogen-bond acceptors (Lipinski definition) is 2. The fourth-order valence-corrected chi connectivity index (χ4v) is 2.81. The topological polar surface area (TPSA) is 37.5 Å². The lowest BCUT2D eigenvalue weighted by molar-refractivity contribution is -0.928. The predicted molar refractivity (Wildman–Crippen MR) is 70.6 cm³/mol. The third kappa shape index (κ3) is 3.23. The molecule has 3 nitrogen and oxygen atoms in total. The molecular weight excluding hydrogens is 248 g/mol. The molecule has 1 aromatic rings. The third-order valence-electron chi connectivity index (χ3n) is 3.24. The van der Waals surface area contributed by atoms with E-state index in [4.69, 9.17) is 21.6 Å². The van der Waals surface area contributed by atoms with Gasteiger partial charge in [0.1, 0.15) is 31.8 Å². The molecule has 0 spiro atoms. The maximum Gasteiger partial charge on any atom is 0.104 e. The minimum Gasteiger partial charge on any atom is -0.364 e. The van der Waals surface area contributed by atoms with Crippen LogP contribution in [0.4, 0.5) is 0 Å². The van der Waals surface area contributed by atoms with Crippen molar-refractivity contribution in [2.45, 2.75) is 32.6 Å². The fraction of sp³-hybridized carbons (Fsp3) is 0.500. The summed E-state index contributed by atoms with van der Waals surface area (Å²) in [4.78, 5) is 1.48. The highest BCUT2D eigenvalue weighted by atomic mass is 35.5. The van der Waals surface area contributed by atoms with E-state index in [9.17, 15) is 0 Å². The van der Waals surface area contributed by atoms with Gasteiger partial charge in [0.15, 0.2) is 0 Å². The van der Waals surface area contributed by atoms with Crippen LogP contribution in [0.2, 0.25) is 5.02 Å². The van der Waals surface area contributed by atoms with Crippen molar-refractivity contribution in [3.63, 3.8) is 0 Å². The molecule has 2 rings (SSSR count). The lowest BCUT2D eigenvalue weighted by Crippen LogP contribution is -3.14. The van der Waals surface area contributed by atoms with Gasteiger partial charge in [-0.05, 0) is 26.0 Å². The molecule has 1 heterocycles. The molecule has 0 saturated carbocycles. The summed E-state index contributed by atoms with van der Waals surface area (Å²) in [5, 5.41) is 9.50. The first-order valence-electron chi connectivity index (χ1n) is 6.26. The molecule has 0 bridgehead atoms. The van der Waals surface area contributed by atoms with Crippen LogP contribution in [0, 0.1) is 11.3 Å². The minimum absolute atomic E-state index is 0.293. The van der Waals surface area contributed by atoms with E-state index in [1.807, 2.05) is 12.1 Å². The Morgan fingerprint density at radius 3 is 2.61 bits per heavy atom. The highest BCUT2D eigenvalue weighted by Gasteiger charge is 2.25. The number of nitrogens with one attached hydrogen (secondary N) is 1. The second-order valence-electron chi connectivity index (χ2n) is 5.01. The molecule has 1 aromatic carbocycles. The Labute approximate surface area is 113 Å². The van der Waals surface area contributed by atoms with Crippen LogP contribution in [0.5, 0.6) is 0 Å². The molecule has 2 atom stereocenters. The van der Waals surface area contributed by atoms with Crippen molar-refractivity contribution in [1.29, 1.82) is 5.26 Å². The van der Waals surface area contributed by atoms with Crippen molar-refractivity contribution < 1.29 is 9.64 Å². The van der Waals surface area contributed by atoms with Crippen molar-refractivity contribution in [3.05, 3.63) is 34.3 Å². The lowest BCUT2D eigenvalue weighted by atomic mass is 10.1. The van der Waals surface area contributed by atoms with Crippen molar-refractivity contribution >= 4 is 11.6 Å². The number of rotatable bonds is 2. The first-order chi connectivity index (χ1) is 8.58. The van der Waals surface area contributed by atoms with Gasteiger partial charge >= 0.3 is 0 Å². The summed E-state index contributed by atoms with van der Waals surface area (Å²) in [6.45, 7) is 7.11. The normalized spacial score (nSPS) is 27.8. The quantitative estimate of drug-likeness (QED) is 0.878. The first kappa shape index (κ1) is 13.4. The van der Waals surface area contributed by atoms with Gasteiger partial charge in [-0.2, -0.15) is 5.26 Å². The van der Waals surface area contributed by atoms with Crippen LogP contribution < -0.4 is 4.90 Å². The molecule has 0 amide bonds. The Kier molecular flexibility index (Phi) is 4.23. The number of halogens is 1. The van der Waals surface area contributed by atoms with E-state index in [1.54, 1.807) is 6.07 Å². The van der Waals surface area contributed by atoms with Crippen LogP contribution in [-0.4, -0.2) is 25.3 Å². The highest BCUT2D eigenvalue weighted by molar-refractivity contribution is 6.31. The molecule has 1 fully saturated rings. The summed E-state index contributed by atoms with van der Waals surface area (Å²) in [6.07, 6.45) is 0.585. The van der Waals surface area contributed by atoms with Gasteiger partial charge in [0, 0.05) is 5.56 Å². The summed E-state index contributed by atoms with van der Waals surface area (Å²) in [6, 6.07) is 7.63. The third-order valence-corrected chi connectivity index (χ3v) is 3.59. The van der Waals surface area contributed by atoms with Crippen molar-refractivity contribution in [2.75, 3.05) is 13.1 Å². The number of nitriles is 1. The van der Waals surface area contributed by atoms with E-state index >= 15 is 0 Å². The molecule has 0 radical (unpaired) electrons. The molecule has 4 heteroatoms. The fourth-order valence-electron chi connectivity index (χ4n) is 2.56. The second kappa shape index (κ2) is 5.71. The molecule has 0 aromatic heterocycles. The minimum atomic E-state index is 0.293. The monoisotopic (exact) mass is 265 g/mol. The van der Waals surface area contributed by atoms with Crippen LogP contribution in [0.3, 0.4) is 0 Å². The average Bonchev–Trinajstić information content (AvgIpc) is 2.30. The summed E-state index contributed by atoms with van der Waals surface area (Å²) >= 11 is 6.20. The van der Waals surface area contributed by atoms with Gasteiger partial charge in [0.05, 0.1) is 16.7 Å². The molecule has 18 heavy (non-hydrogen) atoms. The van der Waals surface area contributed by atoms with Gasteiger partial charge in [-0.1, -0.05) is 17.7 Å². The molecule has 1 aliphatic heterocycles. The van der Waals surface area contributed by atoms with E-state index in [-0.39, 0.29) is 0 Å². The molecular formula is C14H18ClN2O+. The van der Waals surface area contributed by atoms with E-state index in [1.165, 1.54) is 4.90 Å². The zero-order valence-electron chi connectivity index (χ0n) is 10.7. The zero-order chi connectivity index (χ0) is 13.1. The molecule has 0 unspecified atom stereocenters. The summed E-state index contributed by atoms with van der Waals surface area (Å²) in [5.74, 6) is 0. The Morgan fingerprint density at radius 2 is 2.06 bits per heavy atom. The lowest BCUT2D eigenvalue weighted by Gasteiger charge is -2.32. The van der Waals surface area contributed by atoms with Crippen molar-refractivity contribution in [1.82, 2.24) is 0 Å². The maximum absolute atomic E-state index is 8.81. The molecule has 1 aliphatic rings. The number of ether oxygens (including phenoxy) is 1. The van der Waals surface area contributed by atoms with E-state index < -0.39 is 0 Å². The van der Waals surface area contributed by atoms with Gasteiger partial charge in [-0.25, -0.2) is 0 Å². The van der Waals surface area contributed by atoms with Gasteiger partial charge in [-0.15, -0.1) is 0 Å². The highest BCUT2D eigenvalue weighted by Crippen LogP contribution is 2.17. The number of hydrogen-bond donors (Lipinski definition) is 1. The summed E-state index contributed by atoms with van der Waals surface area (Å²) in [5.41, 5.74) is 1.72. The van der Waals surface area contributed by atoms with Crippen molar-refractivity contribution in [3.8, 4) is 6.07 Å². The predicted octanol–water partition coefficient (Wildman–Crippen LogP) is 1.40. The zero-order valence-corrected chi connectivity index (χ0v) is 11.5. The summed E-state index contributed by atoms with van der Waals surface area (Å²) in [7, 11) is 0. The Balaban J connectivity index is 2.07. The van der Waals surface area contributed by atoms with Gasteiger partial charge in [-0.3, -0.25) is 0 Å². The van der Waals surface area contributed by atoms with E-state index in [0.717, 1.165) is 25.2 Å². The van der Waals surface area contributed by atoms with Crippen LogP contribution >= 0.6 is 11.6 Å². The SMILES string of the molecule is C[C@@H]1C[NH+](Cc2ccc(C#N)cc2Cl)C[C@@H](C)O1. The van der Waals surface area contributed by atoms with Crippen LogP contribution in [0.25, 0.3) is 0 Å². The van der Waals surface area contributed by atoms with E-state index in [0.29, 0.717) is 22.8 Å². The average molecular weight is 266 g/mol. The van der Waals surface area contributed by atoms with Crippen LogP contribution in [-0.2, 0) is 11.3 Å². The molecule has 96 valence electrons. The van der Waals surface area contributed by atoms with Crippen LogP contribution in [0.1, 0.15) is 25.0 Å². The van der Waals surface area contributed by atoms with Gasteiger partial charge in [0.25, 0.3) is 0 Å². The number of benzene rings is 1. The van der Waals surface area contributed by atoms with Crippen LogP contribution in [0.15, 0.2) is 18.2 Å². The maximum atomic E-state index is 8.81. The second-order valence-corrected chi connectivity index (χ2v) is 5.42. The number of nitrogens with zero attached hydrogens (tertiary/aromatic N) is 1. The first-order valence-corrected chi connectivity index (χ1v) is 6.64.